The maximum Gasteiger partial charge on any atom is 0.122 e. The predicted molar refractivity (Wildman–Crippen MR) is 71.8 cm³/mol. The molecule has 1 aromatic rings. The lowest BCUT2D eigenvalue weighted by Gasteiger charge is -2.31. The van der Waals surface area contributed by atoms with Crippen molar-refractivity contribution in [2.24, 2.45) is 5.41 Å². The fourth-order valence-electron chi connectivity index (χ4n) is 3.41. The topological polar surface area (TPSA) is 29.5 Å². The van der Waals surface area contributed by atoms with E-state index in [0.29, 0.717) is 0 Å². The van der Waals surface area contributed by atoms with E-state index in [0.717, 1.165) is 43.6 Å². The van der Waals surface area contributed by atoms with E-state index in [-0.39, 0.29) is 11.5 Å². The van der Waals surface area contributed by atoms with Crippen molar-refractivity contribution < 1.29 is 9.84 Å². The second kappa shape index (κ2) is 4.58. The monoisotopic (exact) mass is 246 g/mol. The number of fused-ring (bicyclic) bond motifs is 1. The van der Waals surface area contributed by atoms with Crippen LogP contribution in [0.3, 0.4) is 0 Å². The second-order valence-corrected chi connectivity index (χ2v) is 6.08. The summed E-state index contributed by atoms with van der Waals surface area (Å²) in [6, 6.07) is 6.23. The van der Waals surface area contributed by atoms with Crippen LogP contribution in [0.5, 0.6) is 5.75 Å². The minimum absolute atomic E-state index is 0.0732. The Morgan fingerprint density at radius 3 is 2.78 bits per heavy atom. The first-order valence-corrected chi connectivity index (χ1v) is 7.13. The zero-order valence-electron chi connectivity index (χ0n) is 11.1. The van der Waals surface area contributed by atoms with Crippen LogP contribution in [0.2, 0.25) is 0 Å². The molecule has 1 aromatic carbocycles. The van der Waals surface area contributed by atoms with Crippen molar-refractivity contribution >= 4 is 0 Å². The quantitative estimate of drug-likeness (QED) is 0.863. The van der Waals surface area contributed by atoms with Crippen LogP contribution in [0.1, 0.15) is 56.3 Å². The number of aryl methyl sites for hydroxylation is 1. The maximum atomic E-state index is 10.6. The third-order valence-corrected chi connectivity index (χ3v) is 4.65. The van der Waals surface area contributed by atoms with Gasteiger partial charge in [-0.25, -0.2) is 0 Å². The first-order chi connectivity index (χ1) is 8.69. The lowest BCUT2D eigenvalue weighted by atomic mass is 9.79. The van der Waals surface area contributed by atoms with Gasteiger partial charge in [-0.15, -0.1) is 0 Å². The molecule has 0 bridgehead atoms. The number of ether oxygens (including phenoxy) is 1. The number of hydrogen-bond acceptors (Lipinski definition) is 2. The third-order valence-electron chi connectivity index (χ3n) is 4.65. The smallest absolute Gasteiger partial charge is 0.122 e. The summed E-state index contributed by atoms with van der Waals surface area (Å²) >= 11 is 0. The molecule has 98 valence electrons. The molecule has 1 N–H and O–H groups in total. The molecule has 2 aliphatic rings. The molecule has 0 aromatic heterocycles. The van der Waals surface area contributed by atoms with Crippen molar-refractivity contribution in [3.63, 3.8) is 0 Å². The molecule has 1 unspecified atom stereocenters. The Hall–Kier alpha value is -1.02. The molecule has 1 aliphatic heterocycles. The normalized spacial score (nSPS) is 23.2. The summed E-state index contributed by atoms with van der Waals surface area (Å²) in [5, 5.41) is 10.6. The Bertz CT molecular complexity index is 433. The molecular formula is C16H22O2. The van der Waals surface area contributed by atoms with E-state index in [2.05, 4.69) is 13.0 Å². The highest BCUT2D eigenvalue weighted by molar-refractivity contribution is 5.39. The Balaban J connectivity index is 1.87. The molecule has 1 aliphatic carbocycles. The molecule has 0 saturated heterocycles. The lowest BCUT2D eigenvalue weighted by molar-refractivity contribution is 0.0407. The Kier molecular flexibility index (Phi) is 3.06. The van der Waals surface area contributed by atoms with E-state index < -0.39 is 0 Å². The van der Waals surface area contributed by atoms with Crippen molar-refractivity contribution in [3.05, 3.63) is 29.3 Å². The number of benzene rings is 1. The molecule has 0 spiro atoms. The van der Waals surface area contributed by atoms with E-state index in [1.54, 1.807) is 0 Å². The molecule has 1 heterocycles. The molecule has 2 nitrogen and oxygen atoms in total. The summed E-state index contributed by atoms with van der Waals surface area (Å²) in [5.74, 6) is 1.01. The lowest BCUT2D eigenvalue weighted by Crippen LogP contribution is -2.22. The highest BCUT2D eigenvalue weighted by atomic mass is 16.5. The van der Waals surface area contributed by atoms with Crippen LogP contribution in [0, 0.1) is 5.41 Å². The van der Waals surface area contributed by atoms with Gasteiger partial charge in [0.05, 0.1) is 12.7 Å². The van der Waals surface area contributed by atoms with Crippen LogP contribution < -0.4 is 4.74 Å². The van der Waals surface area contributed by atoms with E-state index >= 15 is 0 Å². The van der Waals surface area contributed by atoms with E-state index in [4.69, 9.17) is 4.74 Å². The van der Waals surface area contributed by atoms with Gasteiger partial charge in [0.25, 0.3) is 0 Å². The molecule has 0 amide bonds. The summed E-state index contributed by atoms with van der Waals surface area (Å²) in [5.41, 5.74) is 2.41. The van der Waals surface area contributed by atoms with Gasteiger partial charge in [-0.1, -0.05) is 25.8 Å². The fourth-order valence-corrected chi connectivity index (χ4v) is 3.41. The van der Waals surface area contributed by atoms with Crippen molar-refractivity contribution in [2.75, 3.05) is 6.61 Å². The van der Waals surface area contributed by atoms with Crippen LogP contribution in [0.4, 0.5) is 0 Å². The number of aliphatic hydroxyl groups excluding tert-OH is 1. The summed E-state index contributed by atoms with van der Waals surface area (Å²) in [7, 11) is 0. The highest BCUT2D eigenvalue weighted by Crippen LogP contribution is 2.47. The first-order valence-electron chi connectivity index (χ1n) is 7.13. The third kappa shape index (κ3) is 2.03. The average Bonchev–Trinajstić information content (AvgIpc) is 2.85. The average molecular weight is 246 g/mol. The van der Waals surface area contributed by atoms with Gasteiger partial charge in [-0.05, 0) is 54.4 Å². The van der Waals surface area contributed by atoms with Crippen molar-refractivity contribution in [1.82, 2.24) is 0 Å². The summed E-state index contributed by atoms with van der Waals surface area (Å²) < 4.78 is 5.63. The summed E-state index contributed by atoms with van der Waals surface area (Å²) in [4.78, 5) is 0. The van der Waals surface area contributed by atoms with Gasteiger partial charge in [0.2, 0.25) is 0 Å². The fraction of sp³-hybridized carbons (Fsp3) is 0.625. The van der Waals surface area contributed by atoms with E-state index in [1.165, 1.54) is 18.4 Å². The van der Waals surface area contributed by atoms with Crippen LogP contribution in [0.15, 0.2) is 18.2 Å². The number of rotatable bonds is 2. The zero-order valence-corrected chi connectivity index (χ0v) is 11.1. The van der Waals surface area contributed by atoms with Crippen LogP contribution in [-0.2, 0) is 6.42 Å². The molecule has 1 atom stereocenters. The number of hydrogen-bond donors (Lipinski definition) is 1. The van der Waals surface area contributed by atoms with Crippen LogP contribution in [-0.4, -0.2) is 11.7 Å². The van der Waals surface area contributed by atoms with E-state index in [1.807, 2.05) is 12.1 Å². The summed E-state index contributed by atoms with van der Waals surface area (Å²) in [6.07, 6.45) is 6.62. The van der Waals surface area contributed by atoms with Gasteiger partial charge in [0.1, 0.15) is 5.75 Å². The minimum Gasteiger partial charge on any atom is -0.493 e. The van der Waals surface area contributed by atoms with Gasteiger partial charge in [0, 0.05) is 0 Å². The highest BCUT2D eigenvalue weighted by Gasteiger charge is 2.37. The standard InChI is InChI=1S/C16H22O2/c1-16(8-2-3-9-16)15(17)13-6-7-14-12(11-13)5-4-10-18-14/h6-7,11,15,17H,2-5,8-10H2,1H3. The largest absolute Gasteiger partial charge is 0.493 e. The predicted octanol–water partition coefficient (Wildman–Crippen LogP) is 3.63. The SMILES string of the molecule is CC1(C(O)c2ccc3c(c2)CCCO3)CCCC1. The van der Waals surface area contributed by atoms with Crippen molar-refractivity contribution in [1.29, 1.82) is 0 Å². The molecule has 3 rings (SSSR count). The zero-order chi connectivity index (χ0) is 12.6. The van der Waals surface area contributed by atoms with Crippen molar-refractivity contribution in [3.8, 4) is 5.75 Å². The van der Waals surface area contributed by atoms with Crippen molar-refractivity contribution in [2.45, 2.75) is 51.6 Å². The molecular weight excluding hydrogens is 224 g/mol. The molecule has 0 radical (unpaired) electrons. The Morgan fingerprint density at radius 1 is 1.22 bits per heavy atom. The van der Waals surface area contributed by atoms with Gasteiger partial charge >= 0.3 is 0 Å². The second-order valence-electron chi connectivity index (χ2n) is 6.08. The molecule has 18 heavy (non-hydrogen) atoms. The van der Waals surface area contributed by atoms with Crippen LogP contribution in [0.25, 0.3) is 0 Å². The summed E-state index contributed by atoms with van der Waals surface area (Å²) in [6.45, 7) is 3.05. The number of aliphatic hydroxyl groups is 1. The van der Waals surface area contributed by atoms with Gasteiger partial charge in [-0.2, -0.15) is 0 Å². The Morgan fingerprint density at radius 2 is 2.00 bits per heavy atom. The van der Waals surface area contributed by atoms with E-state index in [9.17, 15) is 5.11 Å². The first kappa shape index (κ1) is 12.0. The van der Waals surface area contributed by atoms with Gasteiger partial charge in [0.15, 0.2) is 0 Å². The molecule has 1 saturated carbocycles. The Labute approximate surface area is 109 Å². The van der Waals surface area contributed by atoms with Gasteiger partial charge in [-0.3, -0.25) is 0 Å². The molecule has 1 fully saturated rings. The maximum absolute atomic E-state index is 10.6. The molecule has 2 heteroatoms. The van der Waals surface area contributed by atoms with Crippen LogP contribution >= 0.6 is 0 Å². The minimum atomic E-state index is -0.327. The van der Waals surface area contributed by atoms with Gasteiger partial charge < -0.3 is 9.84 Å².